The Morgan fingerprint density at radius 1 is 1.77 bits per heavy atom. The summed E-state index contributed by atoms with van der Waals surface area (Å²) in [6.07, 6.45) is 4.55. The predicted octanol–water partition coefficient (Wildman–Crippen LogP) is 0.953. The number of nitrogens with two attached hydrogens (primary N) is 1. The first-order valence-corrected chi connectivity index (χ1v) is 4.66. The maximum atomic E-state index is 5.58. The Morgan fingerprint density at radius 2 is 2.62 bits per heavy atom. The third kappa shape index (κ3) is 1.83. The van der Waals surface area contributed by atoms with Crippen LogP contribution >= 0.6 is 0 Å². The summed E-state index contributed by atoms with van der Waals surface area (Å²) in [4.78, 5) is 4.14. The van der Waals surface area contributed by atoms with Gasteiger partial charge in [0.05, 0.1) is 12.6 Å². The van der Waals surface area contributed by atoms with Gasteiger partial charge in [-0.2, -0.15) is 0 Å². The molecule has 0 aromatic carbocycles. The van der Waals surface area contributed by atoms with E-state index in [1.54, 1.807) is 0 Å². The Morgan fingerprint density at radius 3 is 3.15 bits per heavy atom. The zero-order valence-corrected chi connectivity index (χ0v) is 7.86. The molecule has 13 heavy (non-hydrogen) atoms. The van der Waals surface area contributed by atoms with Gasteiger partial charge in [0.15, 0.2) is 0 Å². The topological polar surface area (TPSA) is 53.1 Å². The lowest BCUT2D eigenvalue weighted by Gasteiger charge is -2.10. The first-order chi connectivity index (χ1) is 6.25. The summed E-state index contributed by atoms with van der Waals surface area (Å²) < 4.78 is 7.59. The van der Waals surface area contributed by atoms with E-state index < -0.39 is 0 Å². The molecule has 1 aromatic heterocycles. The molecule has 1 aromatic rings. The molecule has 2 rings (SSSR count). The molecule has 1 atom stereocenters. The lowest BCUT2D eigenvalue weighted by atomic mass is 10.2. The summed E-state index contributed by atoms with van der Waals surface area (Å²) in [6.45, 7) is 3.75. The third-order valence-corrected chi connectivity index (χ3v) is 2.42. The van der Waals surface area contributed by atoms with Crippen LogP contribution in [0.4, 0.5) is 5.82 Å². The molecule has 0 bridgehead atoms. The van der Waals surface area contributed by atoms with Gasteiger partial charge in [0.2, 0.25) is 0 Å². The van der Waals surface area contributed by atoms with E-state index in [0.29, 0.717) is 11.9 Å². The molecule has 4 nitrogen and oxygen atoms in total. The molecule has 0 amide bonds. The molecule has 1 saturated heterocycles. The van der Waals surface area contributed by atoms with Gasteiger partial charge in [0.1, 0.15) is 11.6 Å². The fourth-order valence-corrected chi connectivity index (χ4v) is 1.73. The highest BCUT2D eigenvalue weighted by molar-refractivity contribution is 5.25. The largest absolute Gasteiger partial charge is 0.382 e. The molecule has 0 radical (unpaired) electrons. The molecular weight excluding hydrogens is 166 g/mol. The lowest BCUT2D eigenvalue weighted by Crippen LogP contribution is -2.15. The second-order valence-electron chi connectivity index (χ2n) is 3.50. The molecule has 72 valence electrons. The highest BCUT2D eigenvalue weighted by Gasteiger charge is 2.16. The summed E-state index contributed by atoms with van der Waals surface area (Å²) in [5.74, 6) is 1.56. The zero-order chi connectivity index (χ0) is 9.26. The summed E-state index contributed by atoms with van der Waals surface area (Å²) in [5.41, 5.74) is 5.58. The number of nitrogens with zero attached hydrogens (tertiary/aromatic N) is 2. The Bertz CT molecular complexity index is 289. The quantitative estimate of drug-likeness (QED) is 0.739. The van der Waals surface area contributed by atoms with Crippen LogP contribution in [0.25, 0.3) is 0 Å². The van der Waals surface area contributed by atoms with E-state index in [9.17, 15) is 0 Å². The third-order valence-electron chi connectivity index (χ3n) is 2.42. The summed E-state index contributed by atoms with van der Waals surface area (Å²) in [6, 6.07) is 0. The van der Waals surface area contributed by atoms with E-state index >= 15 is 0 Å². The number of imidazole rings is 1. The average Bonchev–Trinajstić information content (AvgIpc) is 2.63. The van der Waals surface area contributed by atoms with Gasteiger partial charge in [-0.3, -0.25) is 0 Å². The first-order valence-electron chi connectivity index (χ1n) is 4.66. The number of rotatable bonds is 2. The van der Waals surface area contributed by atoms with E-state index in [0.717, 1.165) is 25.4 Å². The molecular formula is C9H15N3O. The van der Waals surface area contributed by atoms with Crippen molar-refractivity contribution in [2.45, 2.75) is 32.4 Å². The van der Waals surface area contributed by atoms with Gasteiger partial charge in [-0.15, -0.1) is 0 Å². The molecule has 2 N–H and O–H groups in total. The average molecular weight is 181 g/mol. The summed E-state index contributed by atoms with van der Waals surface area (Å²) in [5, 5.41) is 0. The van der Waals surface area contributed by atoms with Crippen LogP contribution in [-0.4, -0.2) is 22.3 Å². The molecule has 0 spiro atoms. The second-order valence-corrected chi connectivity index (χ2v) is 3.50. The number of aryl methyl sites for hydroxylation is 1. The van der Waals surface area contributed by atoms with Crippen LogP contribution in [0.3, 0.4) is 0 Å². The van der Waals surface area contributed by atoms with Crippen LogP contribution in [0, 0.1) is 6.92 Å². The van der Waals surface area contributed by atoms with Crippen molar-refractivity contribution in [3.8, 4) is 0 Å². The van der Waals surface area contributed by atoms with E-state index in [1.165, 1.54) is 6.42 Å². The smallest absolute Gasteiger partial charge is 0.141 e. The minimum Gasteiger partial charge on any atom is -0.382 e. The van der Waals surface area contributed by atoms with Crippen molar-refractivity contribution in [3.63, 3.8) is 0 Å². The van der Waals surface area contributed by atoms with Crippen LogP contribution in [-0.2, 0) is 11.3 Å². The van der Waals surface area contributed by atoms with Gasteiger partial charge in [-0.05, 0) is 19.8 Å². The molecule has 0 aliphatic carbocycles. The van der Waals surface area contributed by atoms with Crippen molar-refractivity contribution >= 4 is 5.82 Å². The van der Waals surface area contributed by atoms with Crippen molar-refractivity contribution < 1.29 is 4.74 Å². The van der Waals surface area contributed by atoms with Crippen LogP contribution < -0.4 is 5.73 Å². The van der Waals surface area contributed by atoms with Gasteiger partial charge >= 0.3 is 0 Å². The summed E-state index contributed by atoms with van der Waals surface area (Å²) in [7, 11) is 0. The van der Waals surface area contributed by atoms with Crippen molar-refractivity contribution in [1.82, 2.24) is 9.55 Å². The van der Waals surface area contributed by atoms with Gasteiger partial charge in [0, 0.05) is 12.8 Å². The molecule has 1 aliphatic heterocycles. The minimum atomic E-state index is 0.354. The molecule has 0 saturated carbocycles. The number of aromatic nitrogens is 2. The molecule has 1 fully saturated rings. The van der Waals surface area contributed by atoms with Gasteiger partial charge in [-0.25, -0.2) is 4.98 Å². The summed E-state index contributed by atoms with van der Waals surface area (Å²) >= 11 is 0. The highest BCUT2D eigenvalue weighted by Crippen LogP contribution is 2.15. The van der Waals surface area contributed by atoms with E-state index in [4.69, 9.17) is 10.5 Å². The fourth-order valence-electron chi connectivity index (χ4n) is 1.73. The molecule has 2 heterocycles. The minimum absolute atomic E-state index is 0.354. The maximum absolute atomic E-state index is 5.58. The van der Waals surface area contributed by atoms with Gasteiger partial charge < -0.3 is 15.0 Å². The van der Waals surface area contributed by atoms with Crippen molar-refractivity contribution in [3.05, 3.63) is 12.0 Å². The maximum Gasteiger partial charge on any atom is 0.141 e. The number of nitrogen functional groups attached to an aromatic ring is 1. The zero-order valence-electron chi connectivity index (χ0n) is 7.86. The molecule has 1 unspecified atom stereocenters. The Balaban J connectivity index is 2.03. The van der Waals surface area contributed by atoms with Crippen molar-refractivity contribution in [2.24, 2.45) is 0 Å². The Kier molecular flexibility index (Phi) is 2.22. The number of anilines is 1. The van der Waals surface area contributed by atoms with Crippen molar-refractivity contribution in [2.75, 3.05) is 12.3 Å². The Hall–Kier alpha value is -1.03. The van der Waals surface area contributed by atoms with E-state index in [-0.39, 0.29) is 0 Å². The fraction of sp³-hybridized carbons (Fsp3) is 0.667. The standard InChI is InChI=1S/C9H15N3O/c1-7-11-9(10)6-12(7)5-8-3-2-4-13-8/h6,8H,2-5,10H2,1H3. The number of hydrogen-bond acceptors (Lipinski definition) is 3. The normalized spacial score (nSPS) is 22.4. The Labute approximate surface area is 77.7 Å². The van der Waals surface area contributed by atoms with Crippen LogP contribution in [0.5, 0.6) is 0 Å². The van der Waals surface area contributed by atoms with Crippen LogP contribution in [0.2, 0.25) is 0 Å². The van der Waals surface area contributed by atoms with Crippen LogP contribution in [0.1, 0.15) is 18.7 Å². The molecule has 1 aliphatic rings. The number of ether oxygens (including phenoxy) is 1. The lowest BCUT2D eigenvalue weighted by molar-refractivity contribution is 0.0965. The van der Waals surface area contributed by atoms with E-state index in [2.05, 4.69) is 9.55 Å². The number of hydrogen-bond donors (Lipinski definition) is 1. The van der Waals surface area contributed by atoms with Crippen LogP contribution in [0.15, 0.2) is 6.20 Å². The monoisotopic (exact) mass is 181 g/mol. The predicted molar refractivity (Wildman–Crippen MR) is 50.4 cm³/mol. The van der Waals surface area contributed by atoms with E-state index in [1.807, 2.05) is 13.1 Å². The van der Waals surface area contributed by atoms with Gasteiger partial charge in [0.25, 0.3) is 0 Å². The first kappa shape index (κ1) is 8.56. The van der Waals surface area contributed by atoms with Crippen molar-refractivity contribution in [1.29, 1.82) is 0 Å². The molecule has 4 heteroatoms. The SMILES string of the molecule is Cc1nc(N)cn1CC1CCCO1. The second kappa shape index (κ2) is 3.38. The van der Waals surface area contributed by atoms with Gasteiger partial charge in [-0.1, -0.05) is 0 Å². The highest BCUT2D eigenvalue weighted by atomic mass is 16.5.